The number of para-hydroxylation sites is 1. The molecule has 1 amide bonds. The van der Waals surface area contributed by atoms with E-state index in [4.69, 9.17) is 16.3 Å². The number of amidine groups is 1. The van der Waals surface area contributed by atoms with Crippen LogP contribution in [0, 0.1) is 6.92 Å². The van der Waals surface area contributed by atoms with Gasteiger partial charge < -0.3 is 4.74 Å². The van der Waals surface area contributed by atoms with Crippen molar-refractivity contribution in [1.82, 2.24) is 0 Å². The van der Waals surface area contributed by atoms with E-state index in [1.807, 2.05) is 38.1 Å². The topological polar surface area (TPSA) is 59.0 Å². The van der Waals surface area contributed by atoms with Crippen LogP contribution in [0.4, 0.5) is 5.69 Å². The van der Waals surface area contributed by atoms with Crippen LogP contribution in [0.2, 0.25) is 5.02 Å². The number of esters is 1. The summed E-state index contributed by atoms with van der Waals surface area (Å²) in [6.07, 6.45) is 2.66. The lowest BCUT2D eigenvalue weighted by atomic mass is 10.1. The number of hydrogen-bond donors (Lipinski definition) is 0. The molecule has 1 aliphatic heterocycles. The zero-order valence-electron chi connectivity index (χ0n) is 16.4. The maximum absolute atomic E-state index is 13.2. The van der Waals surface area contributed by atoms with Crippen LogP contribution in [-0.2, 0) is 9.53 Å². The highest BCUT2D eigenvalue weighted by Crippen LogP contribution is 2.37. The minimum absolute atomic E-state index is 0.132. The fourth-order valence-corrected chi connectivity index (χ4v) is 4.13. The summed E-state index contributed by atoms with van der Waals surface area (Å²) in [5, 5.41) is 0.937. The number of aliphatic imine (C=N–C) groups is 1. The molecule has 7 heteroatoms. The Kier molecular flexibility index (Phi) is 6.77. The summed E-state index contributed by atoms with van der Waals surface area (Å²) in [5.74, 6) is -0.632. The molecule has 150 valence electrons. The van der Waals surface area contributed by atoms with E-state index in [0.29, 0.717) is 16.6 Å². The number of ether oxygens (including phenoxy) is 1. The lowest BCUT2D eigenvalue weighted by molar-refractivity contribution is -0.113. The number of carbonyl (C=O) groups is 2. The number of halogens is 1. The number of rotatable bonds is 5. The number of nitrogens with zero attached hydrogens (tertiary/aromatic N) is 2. The molecule has 0 saturated carbocycles. The number of amides is 1. The number of benzene rings is 2. The predicted molar refractivity (Wildman–Crippen MR) is 120 cm³/mol. The summed E-state index contributed by atoms with van der Waals surface area (Å²) in [6, 6.07) is 12.7. The zero-order valence-corrected chi connectivity index (χ0v) is 18.0. The van der Waals surface area contributed by atoms with Gasteiger partial charge in [-0.25, -0.2) is 4.79 Å². The summed E-state index contributed by atoms with van der Waals surface area (Å²) < 4.78 is 4.71. The highest BCUT2D eigenvalue weighted by molar-refractivity contribution is 8.19. The molecule has 0 aromatic heterocycles. The van der Waals surface area contributed by atoms with Crippen molar-refractivity contribution in [3.8, 4) is 0 Å². The summed E-state index contributed by atoms with van der Waals surface area (Å²) >= 11 is 7.55. The van der Waals surface area contributed by atoms with Gasteiger partial charge in [-0.1, -0.05) is 42.8 Å². The van der Waals surface area contributed by atoms with Gasteiger partial charge in [0.25, 0.3) is 5.91 Å². The van der Waals surface area contributed by atoms with E-state index in [9.17, 15) is 9.59 Å². The molecule has 0 spiro atoms. The second kappa shape index (κ2) is 9.29. The lowest BCUT2D eigenvalue weighted by Gasteiger charge is -2.17. The summed E-state index contributed by atoms with van der Waals surface area (Å²) in [6.45, 7) is 4.66. The fraction of sp³-hybridized carbons (Fsp3) is 0.227. The van der Waals surface area contributed by atoms with Gasteiger partial charge in [0.1, 0.15) is 0 Å². The number of hydrogen-bond acceptors (Lipinski definition) is 5. The van der Waals surface area contributed by atoms with Gasteiger partial charge in [-0.2, -0.15) is 0 Å². The molecule has 0 aliphatic carbocycles. The van der Waals surface area contributed by atoms with Gasteiger partial charge in [-0.05, 0) is 60.5 Å². The largest absolute Gasteiger partial charge is 0.465 e. The van der Waals surface area contributed by atoms with Gasteiger partial charge in [0.15, 0.2) is 5.17 Å². The van der Waals surface area contributed by atoms with Crippen LogP contribution in [-0.4, -0.2) is 30.7 Å². The third kappa shape index (κ3) is 4.54. The molecule has 0 radical (unpaired) electrons. The lowest BCUT2D eigenvalue weighted by Crippen LogP contribution is -2.29. The van der Waals surface area contributed by atoms with Crippen molar-refractivity contribution in [2.24, 2.45) is 4.99 Å². The number of aryl methyl sites for hydroxylation is 1. The first-order chi connectivity index (χ1) is 14.0. The van der Waals surface area contributed by atoms with E-state index in [1.54, 1.807) is 29.2 Å². The van der Waals surface area contributed by atoms with Crippen LogP contribution in [0.1, 0.15) is 34.8 Å². The minimum Gasteiger partial charge on any atom is -0.465 e. The standard InChI is InChI=1S/C22H21ClN2O3S/c1-4-11-24-22-25(18-8-6-5-7-14(18)2)20(26)19(29-22)13-15-9-10-16(17(23)12-15)21(27)28-3/h5-10,12-13H,4,11H2,1-3H3/b19-13-,24-22?. The van der Waals surface area contributed by atoms with Gasteiger partial charge >= 0.3 is 5.97 Å². The first-order valence-electron chi connectivity index (χ1n) is 9.18. The van der Waals surface area contributed by atoms with E-state index in [1.165, 1.54) is 18.9 Å². The van der Waals surface area contributed by atoms with E-state index in [0.717, 1.165) is 23.2 Å². The molecule has 0 bridgehead atoms. The molecule has 1 aliphatic rings. The molecule has 0 unspecified atom stereocenters. The second-order valence-corrected chi connectivity index (χ2v) is 7.85. The van der Waals surface area contributed by atoms with Crippen molar-refractivity contribution in [1.29, 1.82) is 0 Å². The maximum atomic E-state index is 13.2. The van der Waals surface area contributed by atoms with Gasteiger partial charge in [-0.15, -0.1) is 0 Å². The van der Waals surface area contributed by atoms with Crippen molar-refractivity contribution in [3.05, 3.63) is 69.1 Å². The Morgan fingerprint density at radius 1 is 1.28 bits per heavy atom. The molecule has 29 heavy (non-hydrogen) atoms. The number of methoxy groups -OCH3 is 1. The van der Waals surface area contributed by atoms with E-state index in [-0.39, 0.29) is 16.5 Å². The normalized spacial score (nSPS) is 16.7. The molecule has 2 aromatic carbocycles. The zero-order chi connectivity index (χ0) is 21.0. The monoisotopic (exact) mass is 428 g/mol. The molecule has 1 saturated heterocycles. The van der Waals surface area contributed by atoms with Crippen LogP contribution >= 0.6 is 23.4 Å². The Bertz CT molecular complexity index is 1020. The highest BCUT2D eigenvalue weighted by Gasteiger charge is 2.35. The Balaban J connectivity index is 1.98. The van der Waals surface area contributed by atoms with Crippen LogP contribution in [0.5, 0.6) is 0 Å². The quantitative estimate of drug-likeness (QED) is 0.477. The number of thioether (sulfide) groups is 1. The second-order valence-electron chi connectivity index (χ2n) is 6.43. The number of carbonyl (C=O) groups excluding carboxylic acids is 2. The number of anilines is 1. The Hall–Kier alpha value is -2.57. The SMILES string of the molecule is CCCN=C1S/C(=C\c2ccc(C(=O)OC)c(Cl)c2)C(=O)N1c1ccccc1C. The maximum Gasteiger partial charge on any atom is 0.339 e. The van der Waals surface area contributed by atoms with Crippen LogP contribution in [0.15, 0.2) is 52.4 Å². The van der Waals surface area contributed by atoms with Crippen molar-refractivity contribution in [2.45, 2.75) is 20.3 Å². The van der Waals surface area contributed by atoms with Crippen molar-refractivity contribution in [3.63, 3.8) is 0 Å². The van der Waals surface area contributed by atoms with Gasteiger partial charge in [0.2, 0.25) is 0 Å². The molecular formula is C22H21ClN2O3S. The van der Waals surface area contributed by atoms with Gasteiger partial charge in [0.05, 0.1) is 28.3 Å². The molecule has 0 N–H and O–H groups in total. The molecule has 0 atom stereocenters. The first kappa shape index (κ1) is 21.1. The molecule has 1 heterocycles. The molecule has 2 aromatic rings. The summed E-state index contributed by atoms with van der Waals surface area (Å²) in [7, 11) is 1.31. The molecule has 1 fully saturated rings. The van der Waals surface area contributed by atoms with Gasteiger partial charge in [-0.3, -0.25) is 14.7 Å². The van der Waals surface area contributed by atoms with Gasteiger partial charge in [0, 0.05) is 6.54 Å². The smallest absolute Gasteiger partial charge is 0.339 e. The Labute approximate surface area is 179 Å². The Morgan fingerprint density at radius 2 is 2.03 bits per heavy atom. The molecule has 3 rings (SSSR count). The first-order valence-corrected chi connectivity index (χ1v) is 10.4. The van der Waals surface area contributed by atoms with Crippen molar-refractivity contribution in [2.75, 3.05) is 18.6 Å². The summed E-state index contributed by atoms with van der Waals surface area (Å²) in [5.41, 5.74) is 2.83. The Morgan fingerprint density at radius 3 is 2.69 bits per heavy atom. The predicted octanol–water partition coefficient (Wildman–Crippen LogP) is 5.32. The summed E-state index contributed by atoms with van der Waals surface area (Å²) in [4.78, 5) is 31.7. The van der Waals surface area contributed by atoms with Crippen molar-refractivity contribution >= 4 is 52.2 Å². The minimum atomic E-state index is -0.500. The third-order valence-corrected chi connectivity index (χ3v) is 5.65. The fourth-order valence-electron chi connectivity index (χ4n) is 2.86. The van der Waals surface area contributed by atoms with E-state index >= 15 is 0 Å². The highest BCUT2D eigenvalue weighted by atomic mass is 35.5. The van der Waals surface area contributed by atoms with Crippen LogP contribution in [0.3, 0.4) is 0 Å². The van der Waals surface area contributed by atoms with Crippen molar-refractivity contribution < 1.29 is 14.3 Å². The van der Waals surface area contributed by atoms with Crippen LogP contribution in [0.25, 0.3) is 6.08 Å². The van der Waals surface area contributed by atoms with Crippen LogP contribution < -0.4 is 4.90 Å². The molecule has 5 nitrogen and oxygen atoms in total. The average molecular weight is 429 g/mol. The average Bonchev–Trinajstić information content (AvgIpc) is 3.01. The van der Waals surface area contributed by atoms with E-state index < -0.39 is 5.97 Å². The third-order valence-electron chi connectivity index (χ3n) is 4.33. The van der Waals surface area contributed by atoms with E-state index in [2.05, 4.69) is 4.99 Å². The molecular weight excluding hydrogens is 408 g/mol.